The highest BCUT2D eigenvalue weighted by Crippen LogP contribution is 2.28. The summed E-state index contributed by atoms with van der Waals surface area (Å²) in [7, 11) is 1.82. The van der Waals surface area contributed by atoms with Gasteiger partial charge in [0.1, 0.15) is 5.82 Å². The monoisotopic (exact) mass is 468 g/mol. The molecule has 1 saturated heterocycles. The number of hydrogen-bond donors (Lipinski definition) is 2. The predicted octanol–water partition coefficient (Wildman–Crippen LogP) is 3.10. The largest absolute Gasteiger partial charge is 0.355 e. The predicted molar refractivity (Wildman–Crippen MR) is 131 cm³/mol. The second-order valence-corrected chi connectivity index (χ2v) is 8.59. The third kappa shape index (κ3) is 4.02. The number of benzene rings is 1. The summed E-state index contributed by atoms with van der Waals surface area (Å²) in [6.45, 7) is 5.84. The molecule has 1 aliphatic rings. The quantitative estimate of drug-likeness (QED) is 0.466. The van der Waals surface area contributed by atoms with Gasteiger partial charge in [0.05, 0.1) is 29.0 Å². The molecule has 3 N–H and O–H groups in total. The number of rotatable bonds is 5. The number of anilines is 1. The minimum absolute atomic E-state index is 0. The number of fused-ring (bicyclic) bond motifs is 2. The molecule has 9 nitrogen and oxygen atoms in total. The third-order valence-corrected chi connectivity index (χ3v) is 6.37. The minimum atomic E-state index is -0.175. The van der Waals surface area contributed by atoms with E-state index in [4.69, 9.17) is 15.8 Å². The molecule has 0 bridgehead atoms. The maximum atomic E-state index is 13.4. The van der Waals surface area contributed by atoms with Crippen molar-refractivity contribution in [3.05, 3.63) is 53.5 Å². The van der Waals surface area contributed by atoms with Crippen molar-refractivity contribution in [1.82, 2.24) is 29.7 Å². The molecule has 174 valence electrons. The van der Waals surface area contributed by atoms with Crippen molar-refractivity contribution < 1.29 is 4.79 Å². The molecule has 0 radical (unpaired) electrons. The highest BCUT2D eigenvalue weighted by atomic mass is 35.5. The Morgan fingerprint density at radius 3 is 2.94 bits per heavy atom. The summed E-state index contributed by atoms with van der Waals surface area (Å²) >= 11 is 0. The van der Waals surface area contributed by atoms with E-state index in [1.165, 1.54) is 0 Å². The number of nitrogens with one attached hydrogen (secondary N) is 1. The zero-order valence-corrected chi connectivity index (χ0v) is 19.8. The summed E-state index contributed by atoms with van der Waals surface area (Å²) in [4.78, 5) is 22.2. The Morgan fingerprint density at radius 2 is 2.21 bits per heavy atom. The number of nitrogens with two attached hydrogens (primary N) is 1. The lowest BCUT2D eigenvalue weighted by atomic mass is 10.1. The number of H-pyrrole nitrogens is 1. The van der Waals surface area contributed by atoms with E-state index in [0.29, 0.717) is 5.56 Å². The van der Waals surface area contributed by atoms with Crippen molar-refractivity contribution >= 4 is 40.7 Å². The summed E-state index contributed by atoms with van der Waals surface area (Å²) in [6.07, 6.45) is 5.44. The van der Waals surface area contributed by atoms with Gasteiger partial charge in [-0.15, -0.1) is 12.4 Å². The van der Waals surface area contributed by atoms with Crippen LogP contribution in [0.4, 0.5) is 5.82 Å². The van der Waals surface area contributed by atoms with Crippen molar-refractivity contribution in [2.24, 2.45) is 5.73 Å². The second-order valence-electron chi connectivity index (χ2n) is 8.59. The summed E-state index contributed by atoms with van der Waals surface area (Å²) in [5.41, 5.74) is 10.1. The molecular weight excluding hydrogens is 440 g/mol. The Hall–Kier alpha value is -3.17. The van der Waals surface area contributed by atoms with Crippen molar-refractivity contribution in [3.63, 3.8) is 0 Å². The van der Waals surface area contributed by atoms with Crippen molar-refractivity contribution in [2.45, 2.75) is 38.8 Å². The van der Waals surface area contributed by atoms with E-state index in [1.54, 1.807) is 15.6 Å². The third-order valence-electron chi connectivity index (χ3n) is 6.37. The molecule has 0 saturated carbocycles. The van der Waals surface area contributed by atoms with E-state index in [9.17, 15) is 4.79 Å². The van der Waals surface area contributed by atoms with Gasteiger partial charge in [-0.05, 0) is 25.8 Å². The Kier molecular flexibility index (Phi) is 6.27. The molecular formula is C23H29ClN8O. The Balaban J connectivity index is 0.00000259. The van der Waals surface area contributed by atoms with Crippen LogP contribution in [0.15, 0.2) is 36.7 Å². The smallest absolute Gasteiger partial charge is 0.256 e. The van der Waals surface area contributed by atoms with E-state index in [1.807, 2.05) is 44.4 Å². The fourth-order valence-corrected chi connectivity index (χ4v) is 4.64. The molecule has 5 rings (SSSR count). The lowest BCUT2D eigenvalue weighted by molar-refractivity contribution is 0.0724. The first kappa shape index (κ1) is 23.0. The summed E-state index contributed by atoms with van der Waals surface area (Å²) in [6, 6.07) is 7.64. The SMILES string of the molecule is CC[C@@H](c1cc2nc(N3CC[C@H](N)C3)c(C)cn2n1)N(C)C(=O)c1cccc2cn[nH]c12.Cl. The van der Waals surface area contributed by atoms with E-state index in [2.05, 4.69) is 22.0 Å². The van der Waals surface area contributed by atoms with Crippen molar-refractivity contribution in [3.8, 4) is 0 Å². The molecule has 1 aromatic carbocycles. The molecule has 4 aromatic rings. The lowest BCUT2D eigenvalue weighted by Crippen LogP contribution is -2.31. The fourth-order valence-electron chi connectivity index (χ4n) is 4.64. The first-order chi connectivity index (χ1) is 15.5. The number of aromatic amines is 1. The van der Waals surface area contributed by atoms with Gasteiger partial charge in [-0.1, -0.05) is 19.1 Å². The van der Waals surface area contributed by atoms with Crippen LogP contribution in [0.2, 0.25) is 0 Å². The van der Waals surface area contributed by atoms with Gasteiger partial charge in [-0.2, -0.15) is 10.2 Å². The molecule has 1 fully saturated rings. The van der Waals surface area contributed by atoms with Crippen LogP contribution in [0, 0.1) is 6.92 Å². The molecule has 1 amide bonds. The van der Waals surface area contributed by atoms with Crippen LogP contribution in [0.25, 0.3) is 16.6 Å². The van der Waals surface area contributed by atoms with Gasteiger partial charge in [0.15, 0.2) is 5.65 Å². The summed E-state index contributed by atoms with van der Waals surface area (Å²) < 4.78 is 1.81. The van der Waals surface area contributed by atoms with Gasteiger partial charge in [-0.3, -0.25) is 9.89 Å². The first-order valence-corrected chi connectivity index (χ1v) is 11.0. The van der Waals surface area contributed by atoms with Gasteiger partial charge in [0.2, 0.25) is 0 Å². The molecule has 10 heteroatoms. The van der Waals surface area contributed by atoms with Crippen LogP contribution < -0.4 is 10.6 Å². The average Bonchev–Trinajstić information content (AvgIpc) is 3.52. The van der Waals surface area contributed by atoms with Crippen LogP contribution in [0.1, 0.15) is 47.4 Å². The average molecular weight is 469 g/mol. The van der Waals surface area contributed by atoms with Crippen LogP contribution in [-0.2, 0) is 0 Å². The first-order valence-electron chi connectivity index (χ1n) is 11.0. The Bertz CT molecular complexity index is 1300. The van der Waals surface area contributed by atoms with Crippen molar-refractivity contribution in [1.29, 1.82) is 0 Å². The number of hydrogen-bond acceptors (Lipinski definition) is 6. The molecule has 0 aliphatic carbocycles. The van der Waals surface area contributed by atoms with Gasteiger partial charge in [0.25, 0.3) is 5.91 Å². The van der Waals surface area contributed by atoms with Gasteiger partial charge in [0, 0.05) is 49.4 Å². The van der Waals surface area contributed by atoms with Gasteiger partial charge >= 0.3 is 0 Å². The zero-order chi connectivity index (χ0) is 22.4. The topological polar surface area (TPSA) is 108 Å². The van der Waals surface area contributed by atoms with Gasteiger partial charge < -0.3 is 15.5 Å². The number of halogens is 1. The molecule has 2 atom stereocenters. The van der Waals surface area contributed by atoms with Crippen LogP contribution in [0.3, 0.4) is 0 Å². The Labute approximate surface area is 198 Å². The highest BCUT2D eigenvalue weighted by Gasteiger charge is 2.27. The number of carbonyl (C=O) groups is 1. The number of nitrogens with zero attached hydrogens (tertiary/aromatic N) is 6. The molecule has 3 aromatic heterocycles. The standard InChI is InChI=1S/C23H28N8O.ClH/c1-4-19(29(3)23(32)17-7-5-6-15-11-25-27-21(15)17)18-10-20-26-22(14(2)12-31(20)28-18)30-9-8-16(24)13-30;/h5-7,10-12,16,19H,4,8-9,13,24H2,1-3H3,(H,25,27);1H/t16-,19-;/m0./s1. The maximum Gasteiger partial charge on any atom is 0.256 e. The molecule has 33 heavy (non-hydrogen) atoms. The number of para-hydroxylation sites is 1. The number of carbonyl (C=O) groups excluding carboxylic acids is 1. The highest BCUT2D eigenvalue weighted by molar-refractivity contribution is 6.05. The van der Waals surface area contributed by atoms with Crippen molar-refractivity contribution in [2.75, 3.05) is 25.0 Å². The molecule has 1 aliphatic heterocycles. The number of aryl methyl sites for hydroxylation is 1. The summed E-state index contributed by atoms with van der Waals surface area (Å²) in [5.74, 6) is 0.889. The zero-order valence-electron chi connectivity index (χ0n) is 19.0. The Morgan fingerprint density at radius 1 is 1.39 bits per heavy atom. The van der Waals surface area contributed by atoms with E-state index in [0.717, 1.165) is 59.6 Å². The number of aromatic nitrogens is 5. The molecule has 0 unspecified atom stereocenters. The lowest BCUT2D eigenvalue weighted by Gasteiger charge is -2.26. The van der Waals surface area contributed by atoms with Crippen LogP contribution in [-0.4, -0.2) is 61.8 Å². The second kappa shape index (κ2) is 8.99. The molecule has 4 heterocycles. The number of amides is 1. The van der Waals surface area contributed by atoms with Gasteiger partial charge in [-0.25, -0.2) is 9.50 Å². The van der Waals surface area contributed by atoms with Crippen LogP contribution >= 0.6 is 12.4 Å². The van der Waals surface area contributed by atoms with E-state index >= 15 is 0 Å². The summed E-state index contributed by atoms with van der Waals surface area (Å²) in [5, 5.41) is 12.7. The van der Waals surface area contributed by atoms with Crippen LogP contribution in [0.5, 0.6) is 0 Å². The molecule has 0 spiro atoms. The minimum Gasteiger partial charge on any atom is -0.355 e. The van der Waals surface area contributed by atoms with E-state index < -0.39 is 0 Å². The maximum absolute atomic E-state index is 13.4. The van der Waals surface area contributed by atoms with E-state index in [-0.39, 0.29) is 30.4 Å². The normalized spacial score (nSPS) is 16.8. The fraction of sp³-hybridized carbons (Fsp3) is 0.391.